The van der Waals surface area contributed by atoms with Crippen molar-refractivity contribution < 1.29 is 14.7 Å². The summed E-state index contributed by atoms with van der Waals surface area (Å²) in [4.78, 5) is 25.1. The van der Waals surface area contributed by atoms with Crippen molar-refractivity contribution in [2.24, 2.45) is 0 Å². The summed E-state index contributed by atoms with van der Waals surface area (Å²) in [7, 11) is 2.04. The second-order valence-corrected chi connectivity index (χ2v) is 6.36. The summed E-state index contributed by atoms with van der Waals surface area (Å²) in [6.07, 6.45) is 0.803. The molecule has 0 radical (unpaired) electrons. The molecule has 0 unspecified atom stereocenters. The Balaban J connectivity index is 1.70. The molecule has 0 aliphatic carbocycles. The third-order valence-electron chi connectivity index (χ3n) is 3.75. The fraction of sp³-hybridized carbons (Fsp3) is 0.263. The molecule has 3 N–H and O–H groups in total. The van der Waals surface area contributed by atoms with Crippen molar-refractivity contribution in [3.63, 3.8) is 0 Å². The maximum Gasteiger partial charge on any atom is 0.337 e. The molecule has 6 nitrogen and oxygen atoms in total. The van der Waals surface area contributed by atoms with Gasteiger partial charge in [-0.1, -0.05) is 41.9 Å². The molecule has 138 valence electrons. The number of urea groups is 1. The van der Waals surface area contributed by atoms with Gasteiger partial charge in [0.1, 0.15) is 0 Å². The molecule has 0 spiro atoms. The van der Waals surface area contributed by atoms with Crippen molar-refractivity contribution in [2.75, 3.05) is 25.5 Å². The Hall–Kier alpha value is -2.57. The van der Waals surface area contributed by atoms with Crippen molar-refractivity contribution in [1.29, 1.82) is 0 Å². The molecule has 2 amide bonds. The van der Waals surface area contributed by atoms with E-state index in [0.29, 0.717) is 12.2 Å². The highest BCUT2D eigenvalue weighted by Crippen LogP contribution is 2.20. The standard InChI is InChI=1S/C19H22ClN3O3/c1-23(13-14-6-3-2-4-7-14)11-5-10-21-19(26)22-15-8-9-17(20)16(12-15)18(24)25/h2-4,6-9,12H,5,10-11,13H2,1H3,(H,24,25)(H2,21,22,26). The fourth-order valence-electron chi connectivity index (χ4n) is 2.47. The Morgan fingerprint density at radius 2 is 1.88 bits per heavy atom. The number of carboxylic acid groups (broad SMARTS) is 1. The van der Waals surface area contributed by atoms with Gasteiger partial charge in [-0.05, 0) is 43.8 Å². The number of nitrogens with zero attached hydrogens (tertiary/aromatic N) is 1. The van der Waals surface area contributed by atoms with Crippen LogP contribution in [-0.4, -0.2) is 42.1 Å². The minimum atomic E-state index is -1.14. The largest absolute Gasteiger partial charge is 0.478 e. The van der Waals surface area contributed by atoms with Crippen LogP contribution in [0.2, 0.25) is 5.02 Å². The number of halogens is 1. The molecule has 0 aliphatic rings. The maximum absolute atomic E-state index is 11.9. The summed E-state index contributed by atoms with van der Waals surface area (Å²) in [6, 6.07) is 14.1. The van der Waals surface area contributed by atoms with Crippen molar-refractivity contribution in [1.82, 2.24) is 10.2 Å². The van der Waals surface area contributed by atoms with E-state index in [9.17, 15) is 9.59 Å². The molecule has 26 heavy (non-hydrogen) atoms. The Labute approximate surface area is 157 Å². The fourth-order valence-corrected chi connectivity index (χ4v) is 2.67. The average Bonchev–Trinajstić information content (AvgIpc) is 2.61. The van der Waals surface area contributed by atoms with Gasteiger partial charge in [0.25, 0.3) is 0 Å². The van der Waals surface area contributed by atoms with E-state index in [1.165, 1.54) is 17.7 Å². The predicted octanol–water partition coefficient (Wildman–Crippen LogP) is 3.68. The molecule has 7 heteroatoms. The third kappa shape index (κ3) is 6.38. The molecule has 0 fully saturated rings. The number of hydrogen-bond donors (Lipinski definition) is 3. The number of rotatable bonds is 8. The van der Waals surface area contributed by atoms with Gasteiger partial charge in [0.05, 0.1) is 10.6 Å². The zero-order valence-electron chi connectivity index (χ0n) is 14.5. The first-order valence-corrected chi connectivity index (χ1v) is 8.63. The number of carboxylic acids is 1. The van der Waals surface area contributed by atoms with Gasteiger partial charge in [-0.2, -0.15) is 0 Å². The second-order valence-electron chi connectivity index (χ2n) is 5.96. The summed E-state index contributed by atoms with van der Waals surface area (Å²) in [5, 5.41) is 14.5. The quantitative estimate of drug-likeness (QED) is 0.615. The monoisotopic (exact) mass is 375 g/mol. The van der Waals surface area contributed by atoms with E-state index in [2.05, 4.69) is 27.7 Å². The van der Waals surface area contributed by atoms with Gasteiger partial charge in [0.15, 0.2) is 0 Å². The van der Waals surface area contributed by atoms with Crippen LogP contribution in [0.15, 0.2) is 48.5 Å². The van der Waals surface area contributed by atoms with Crippen molar-refractivity contribution in [3.8, 4) is 0 Å². The van der Waals surface area contributed by atoms with E-state index < -0.39 is 5.97 Å². The van der Waals surface area contributed by atoms with E-state index in [4.69, 9.17) is 16.7 Å². The first-order valence-electron chi connectivity index (χ1n) is 8.26. The van der Waals surface area contributed by atoms with Crippen molar-refractivity contribution in [2.45, 2.75) is 13.0 Å². The molecule has 0 bridgehead atoms. The van der Waals surface area contributed by atoms with Crippen LogP contribution in [0, 0.1) is 0 Å². The molecule has 2 aromatic carbocycles. The summed E-state index contributed by atoms with van der Waals surface area (Å²) in [5.74, 6) is -1.14. The van der Waals surface area contributed by atoms with E-state index >= 15 is 0 Å². The number of carbonyl (C=O) groups is 2. The summed E-state index contributed by atoms with van der Waals surface area (Å²) in [6.45, 7) is 2.22. The van der Waals surface area contributed by atoms with Crippen molar-refractivity contribution >= 4 is 29.3 Å². The Morgan fingerprint density at radius 1 is 1.15 bits per heavy atom. The normalized spacial score (nSPS) is 10.6. The van der Waals surface area contributed by atoms with Crippen LogP contribution in [0.4, 0.5) is 10.5 Å². The molecular weight excluding hydrogens is 354 g/mol. The van der Waals surface area contributed by atoms with Crippen LogP contribution in [0.3, 0.4) is 0 Å². The van der Waals surface area contributed by atoms with Gasteiger partial charge in [-0.3, -0.25) is 0 Å². The van der Waals surface area contributed by atoms with Gasteiger partial charge in [-0.25, -0.2) is 9.59 Å². The minimum Gasteiger partial charge on any atom is -0.478 e. The second kappa shape index (κ2) is 9.79. The first-order chi connectivity index (χ1) is 12.5. The van der Waals surface area contributed by atoms with Crippen LogP contribution in [0.5, 0.6) is 0 Å². The zero-order valence-corrected chi connectivity index (χ0v) is 15.3. The molecule has 0 aliphatic heterocycles. The van der Waals surface area contributed by atoms with Gasteiger partial charge in [0.2, 0.25) is 0 Å². The van der Waals surface area contributed by atoms with Crippen LogP contribution in [0.25, 0.3) is 0 Å². The number of aromatic carboxylic acids is 1. The van der Waals surface area contributed by atoms with Gasteiger partial charge in [0, 0.05) is 18.8 Å². The van der Waals surface area contributed by atoms with Crippen molar-refractivity contribution in [3.05, 3.63) is 64.7 Å². The number of amides is 2. The predicted molar refractivity (Wildman–Crippen MR) is 103 cm³/mol. The van der Waals surface area contributed by atoms with Gasteiger partial charge < -0.3 is 20.6 Å². The maximum atomic E-state index is 11.9. The van der Waals surface area contributed by atoms with Crippen LogP contribution < -0.4 is 10.6 Å². The van der Waals surface area contributed by atoms with E-state index in [-0.39, 0.29) is 16.6 Å². The molecular formula is C19H22ClN3O3. The van der Waals surface area contributed by atoms with Crippen LogP contribution in [-0.2, 0) is 6.54 Å². The van der Waals surface area contributed by atoms with Gasteiger partial charge >= 0.3 is 12.0 Å². The molecule has 2 aromatic rings. The number of anilines is 1. The molecule has 2 rings (SSSR count). The third-order valence-corrected chi connectivity index (χ3v) is 4.08. The summed E-state index contributed by atoms with van der Waals surface area (Å²) < 4.78 is 0. The lowest BCUT2D eigenvalue weighted by molar-refractivity contribution is 0.0697. The topological polar surface area (TPSA) is 81.7 Å². The average molecular weight is 376 g/mol. The number of hydrogen-bond acceptors (Lipinski definition) is 3. The molecule has 0 heterocycles. The van der Waals surface area contributed by atoms with Crippen LogP contribution in [0.1, 0.15) is 22.3 Å². The first kappa shape index (κ1) is 19.8. The summed E-state index contributed by atoms with van der Waals surface area (Å²) >= 11 is 5.80. The lowest BCUT2D eigenvalue weighted by atomic mass is 10.2. The highest BCUT2D eigenvalue weighted by Gasteiger charge is 2.10. The molecule has 0 atom stereocenters. The SMILES string of the molecule is CN(CCCNC(=O)Nc1ccc(Cl)c(C(=O)O)c1)Cc1ccccc1. The Bertz CT molecular complexity index is 753. The molecule has 0 aromatic heterocycles. The minimum absolute atomic E-state index is 0.0491. The van der Waals surface area contributed by atoms with E-state index in [1.54, 1.807) is 6.07 Å². The number of nitrogens with one attached hydrogen (secondary N) is 2. The molecule has 0 saturated heterocycles. The smallest absolute Gasteiger partial charge is 0.337 e. The summed E-state index contributed by atoms with van der Waals surface area (Å²) in [5.41, 5.74) is 1.58. The van der Waals surface area contributed by atoms with E-state index in [0.717, 1.165) is 19.5 Å². The zero-order chi connectivity index (χ0) is 18.9. The number of carbonyl (C=O) groups excluding carboxylic acids is 1. The van der Waals surface area contributed by atoms with Gasteiger partial charge in [-0.15, -0.1) is 0 Å². The molecule has 0 saturated carbocycles. The lowest BCUT2D eigenvalue weighted by Gasteiger charge is -2.16. The highest BCUT2D eigenvalue weighted by atomic mass is 35.5. The Kier molecular flexibility index (Phi) is 7.44. The highest BCUT2D eigenvalue weighted by molar-refractivity contribution is 6.33. The number of benzene rings is 2. The van der Waals surface area contributed by atoms with E-state index in [1.807, 2.05) is 25.2 Å². The van der Waals surface area contributed by atoms with Crippen LogP contribution >= 0.6 is 11.6 Å². The lowest BCUT2D eigenvalue weighted by Crippen LogP contribution is -2.31. The Morgan fingerprint density at radius 3 is 2.58 bits per heavy atom.